The molecule has 1 amide bonds. The molecule has 0 radical (unpaired) electrons. The molecule has 0 saturated heterocycles. The van der Waals surface area contributed by atoms with Gasteiger partial charge in [0.1, 0.15) is 16.5 Å². The molecule has 0 unspecified atom stereocenters. The number of methoxy groups -OCH3 is 1. The molecule has 0 aliphatic rings. The van der Waals surface area contributed by atoms with Crippen molar-refractivity contribution in [2.45, 2.75) is 20.3 Å². The zero-order chi connectivity index (χ0) is 25.7. The summed E-state index contributed by atoms with van der Waals surface area (Å²) in [6.45, 7) is 4.22. The molecule has 1 N–H and O–H groups in total. The van der Waals surface area contributed by atoms with E-state index in [9.17, 15) is 14.4 Å². The van der Waals surface area contributed by atoms with Gasteiger partial charge in [-0.1, -0.05) is 12.1 Å². The van der Waals surface area contributed by atoms with Gasteiger partial charge in [0.25, 0.3) is 5.56 Å². The van der Waals surface area contributed by atoms with Crippen LogP contribution < -0.4 is 20.3 Å². The molecule has 10 heteroatoms. The smallest absolute Gasteiger partial charge is 0.359 e. The fourth-order valence-corrected chi connectivity index (χ4v) is 4.57. The summed E-state index contributed by atoms with van der Waals surface area (Å²) >= 11 is 1.15. The second-order valence-corrected chi connectivity index (χ2v) is 8.52. The number of nitrogens with one attached hydrogen (secondary N) is 1. The monoisotopic (exact) mass is 507 g/mol. The molecule has 4 aromatic rings. The van der Waals surface area contributed by atoms with E-state index in [-0.39, 0.29) is 30.0 Å². The van der Waals surface area contributed by atoms with Gasteiger partial charge in [-0.2, -0.15) is 9.78 Å². The maximum absolute atomic E-state index is 13.5. The Morgan fingerprint density at radius 1 is 1.00 bits per heavy atom. The molecule has 2 aromatic heterocycles. The van der Waals surface area contributed by atoms with Crippen LogP contribution in [0, 0.1) is 0 Å². The van der Waals surface area contributed by atoms with Crippen LogP contribution in [0.2, 0.25) is 0 Å². The number of carbonyl (C=O) groups is 2. The number of rotatable bonds is 9. The molecule has 0 atom stereocenters. The number of anilines is 1. The standard InChI is InChI=1S/C26H25N3O6S/c1-4-34-19-12-8-17(9-13-19)29-25(31)22-20(23(28-29)26(32)35-5-2)15-36-24(22)27-21(30)14-16-6-10-18(33-3)11-7-16/h6-13,15H,4-5,14H2,1-3H3,(H,27,30). The number of hydrogen-bond donors (Lipinski definition) is 1. The normalized spacial score (nSPS) is 10.8. The van der Waals surface area contributed by atoms with Crippen molar-refractivity contribution < 1.29 is 23.8 Å². The number of ether oxygens (including phenoxy) is 3. The first kappa shape index (κ1) is 24.9. The Morgan fingerprint density at radius 3 is 2.33 bits per heavy atom. The van der Waals surface area contributed by atoms with Crippen LogP contribution in [-0.2, 0) is 16.0 Å². The summed E-state index contributed by atoms with van der Waals surface area (Å²) in [7, 11) is 1.57. The Bertz CT molecular complexity index is 1440. The summed E-state index contributed by atoms with van der Waals surface area (Å²) in [5, 5.41) is 9.61. The van der Waals surface area contributed by atoms with Crippen molar-refractivity contribution in [3.63, 3.8) is 0 Å². The average Bonchev–Trinajstić information content (AvgIpc) is 3.29. The Balaban J connectivity index is 1.73. The van der Waals surface area contributed by atoms with Gasteiger partial charge >= 0.3 is 5.97 Å². The number of esters is 1. The number of carbonyl (C=O) groups excluding carboxylic acids is 2. The summed E-state index contributed by atoms with van der Waals surface area (Å²) in [4.78, 5) is 39.0. The molecule has 4 rings (SSSR count). The fraction of sp³-hybridized carbons (Fsp3) is 0.231. The van der Waals surface area contributed by atoms with Crippen LogP contribution in [0.4, 0.5) is 5.00 Å². The van der Waals surface area contributed by atoms with Gasteiger partial charge in [0, 0.05) is 10.8 Å². The van der Waals surface area contributed by atoms with Crippen LogP contribution in [0.15, 0.2) is 58.7 Å². The highest BCUT2D eigenvalue weighted by Crippen LogP contribution is 2.31. The second kappa shape index (κ2) is 11.0. The SMILES string of the molecule is CCOC(=O)c1nn(-c2ccc(OCC)cc2)c(=O)c2c(NC(=O)Cc3ccc(OC)cc3)scc12. The number of hydrogen-bond acceptors (Lipinski definition) is 8. The van der Waals surface area contributed by atoms with Crippen LogP contribution in [0.3, 0.4) is 0 Å². The summed E-state index contributed by atoms with van der Waals surface area (Å²) < 4.78 is 16.9. The molecule has 0 saturated carbocycles. The van der Waals surface area contributed by atoms with Gasteiger partial charge in [-0.3, -0.25) is 9.59 Å². The van der Waals surface area contributed by atoms with Crippen molar-refractivity contribution in [2.75, 3.05) is 25.6 Å². The minimum absolute atomic E-state index is 0.00719. The lowest BCUT2D eigenvalue weighted by molar-refractivity contribution is -0.115. The summed E-state index contributed by atoms with van der Waals surface area (Å²) in [6, 6.07) is 13.9. The molecule has 36 heavy (non-hydrogen) atoms. The number of thiophene rings is 1. The van der Waals surface area contributed by atoms with E-state index in [1.54, 1.807) is 67.9 Å². The lowest BCUT2D eigenvalue weighted by Gasteiger charge is -2.11. The van der Waals surface area contributed by atoms with Crippen molar-refractivity contribution >= 4 is 39.0 Å². The van der Waals surface area contributed by atoms with Gasteiger partial charge in [0.05, 0.1) is 37.8 Å². The van der Waals surface area contributed by atoms with Crippen molar-refractivity contribution in [1.29, 1.82) is 0 Å². The average molecular weight is 508 g/mol. The highest BCUT2D eigenvalue weighted by molar-refractivity contribution is 7.16. The molecule has 0 bridgehead atoms. The summed E-state index contributed by atoms with van der Waals surface area (Å²) in [5.74, 6) is 0.377. The van der Waals surface area contributed by atoms with E-state index in [2.05, 4.69) is 10.4 Å². The van der Waals surface area contributed by atoms with E-state index in [0.29, 0.717) is 34.2 Å². The van der Waals surface area contributed by atoms with E-state index in [0.717, 1.165) is 21.6 Å². The number of nitrogens with zero attached hydrogens (tertiary/aromatic N) is 2. The molecule has 0 aliphatic heterocycles. The predicted octanol–water partition coefficient (Wildman–Crippen LogP) is 4.21. The highest BCUT2D eigenvalue weighted by Gasteiger charge is 2.23. The molecule has 2 heterocycles. The summed E-state index contributed by atoms with van der Waals surface area (Å²) in [6.07, 6.45) is 0.103. The van der Waals surface area contributed by atoms with E-state index >= 15 is 0 Å². The lowest BCUT2D eigenvalue weighted by atomic mass is 10.1. The second-order valence-electron chi connectivity index (χ2n) is 7.64. The number of fused-ring (bicyclic) bond motifs is 1. The minimum Gasteiger partial charge on any atom is -0.497 e. The van der Waals surface area contributed by atoms with E-state index in [1.165, 1.54) is 0 Å². The van der Waals surface area contributed by atoms with Gasteiger partial charge in [0.15, 0.2) is 5.69 Å². The first-order valence-electron chi connectivity index (χ1n) is 11.3. The maximum Gasteiger partial charge on any atom is 0.359 e. The van der Waals surface area contributed by atoms with Gasteiger partial charge < -0.3 is 19.5 Å². The van der Waals surface area contributed by atoms with E-state index in [1.807, 2.05) is 6.92 Å². The van der Waals surface area contributed by atoms with Crippen LogP contribution in [0.25, 0.3) is 16.5 Å². The molecule has 0 aliphatic carbocycles. The number of aromatic nitrogens is 2. The van der Waals surface area contributed by atoms with Gasteiger partial charge in [0.2, 0.25) is 5.91 Å². The van der Waals surface area contributed by atoms with E-state index < -0.39 is 11.5 Å². The Labute approximate surface area is 211 Å². The fourth-order valence-electron chi connectivity index (χ4n) is 3.62. The molecule has 0 spiro atoms. The number of benzene rings is 2. The van der Waals surface area contributed by atoms with Gasteiger partial charge in [-0.05, 0) is 55.8 Å². The van der Waals surface area contributed by atoms with Crippen molar-refractivity contribution in [1.82, 2.24) is 9.78 Å². The maximum atomic E-state index is 13.5. The van der Waals surface area contributed by atoms with Crippen LogP contribution in [0.5, 0.6) is 11.5 Å². The zero-order valence-electron chi connectivity index (χ0n) is 20.1. The van der Waals surface area contributed by atoms with Gasteiger partial charge in [-0.25, -0.2) is 4.79 Å². The van der Waals surface area contributed by atoms with Crippen molar-refractivity contribution in [3.05, 3.63) is 75.5 Å². The van der Waals surface area contributed by atoms with Gasteiger partial charge in [-0.15, -0.1) is 11.3 Å². The highest BCUT2D eigenvalue weighted by atomic mass is 32.1. The predicted molar refractivity (Wildman–Crippen MR) is 138 cm³/mol. The van der Waals surface area contributed by atoms with Crippen LogP contribution in [0.1, 0.15) is 29.9 Å². The van der Waals surface area contributed by atoms with Crippen LogP contribution in [-0.4, -0.2) is 42.0 Å². The largest absolute Gasteiger partial charge is 0.497 e. The third kappa shape index (κ3) is 5.23. The van der Waals surface area contributed by atoms with Crippen LogP contribution >= 0.6 is 11.3 Å². The number of amides is 1. The van der Waals surface area contributed by atoms with Crippen molar-refractivity contribution in [3.8, 4) is 17.2 Å². The minimum atomic E-state index is -0.656. The van der Waals surface area contributed by atoms with E-state index in [4.69, 9.17) is 14.2 Å². The first-order valence-corrected chi connectivity index (χ1v) is 12.2. The molecule has 9 nitrogen and oxygen atoms in total. The molecular weight excluding hydrogens is 482 g/mol. The molecule has 186 valence electrons. The molecular formula is C26H25N3O6S. The first-order chi connectivity index (χ1) is 17.4. The van der Waals surface area contributed by atoms with Crippen molar-refractivity contribution in [2.24, 2.45) is 0 Å². The summed E-state index contributed by atoms with van der Waals surface area (Å²) in [5.41, 5.74) is 0.753. The Hall–Kier alpha value is -4.18. The Kier molecular flexibility index (Phi) is 7.65. The lowest BCUT2D eigenvalue weighted by Crippen LogP contribution is -2.25. The molecule has 2 aromatic carbocycles. The topological polar surface area (TPSA) is 109 Å². The Morgan fingerprint density at radius 2 is 1.69 bits per heavy atom. The zero-order valence-corrected chi connectivity index (χ0v) is 20.9. The quantitative estimate of drug-likeness (QED) is 0.338. The third-order valence-corrected chi connectivity index (χ3v) is 6.19. The molecule has 0 fully saturated rings. The third-order valence-electron chi connectivity index (χ3n) is 5.29.